The quantitative estimate of drug-likeness (QED) is 0.280. The summed E-state index contributed by atoms with van der Waals surface area (Å²) in [7, 11) is 0. The first kappa shape index (κ1) is 44.1. The Kier molecular flexibility index (Phi) is 14.2. The van der Waals surface area contributed by atoms with Crippen LogP contribution in [0.25, 0.3) is 0 Å². The summed E-state index contributed by atoms with van der Waals surface area (Å²) in [5.41, 5.74) is 3.59. The zero-order valence-electron chi connectivity index (χ0n) is 34.4. The number of nitrogens with one attached hydrogen (secondary N) is 2. The Hall–Kier alpha value is -5.47. The number of ether oxygens (including phenoxy) is 1. The van der Waals surface area contributed by atoms with Gasteiger partial charge in [0.2, 0.25) is 23.6 Å². The van der Waals surface area contributed by atoms with E-state index in [0.29, 0.717) is 62.0 Å². The van der Waals surface area contributed by atoms with Gasteiger partial charge in [0.1, 0.15) is 17.7 Å². The van der Waals surface area contributed by atoms with Crippen molar-refractivity contribution < 1.29 is 38.3 Å². The summed E-state index contributed by atoms with van der Waals surface area (Å²) >= 11 is 3.37. The average Bonchev–Trinajstić information content (AvgIpc) is 3.71. The number of halogens is 1. The number of fused-ring (bicyclic) bond motifs is 2. The highest BCUT2D eigenvalue weighted by Gasteiger charge is 2.40. The number of likely N-dealkylation sites (tertiary alicyclic amines) is 1. The molecule has 316 valence electrons. The Morgan fingerprint density at radius 1 is 0.733 bits per heavy atom. The van der Waals surface area contributed by atoms with Crippen LogP contribution in [0.15, 0.2) is 40.9 Å². The molecule has 1 aliphatic carbocycles. The summed E-state index contributed by atoms with van der Waals surface area (Å²) in [5.74, 6) is 8.61. The van der Waals surface area contributed by atoms with E-state index in [4.69, 9.17) is 11.2 Å². The van der Waals surface area contributed by atoms with Gasteiger partial charge in [-0.3, -0.25) is 39.4 Å². The zero-order valence-corrected chi connectivity index (χ0v) is 36.0. The van der Waals surface area contributed by atoms with Gasteiger partial charge in [0, 0.05) is 72.0 Å². The molecule has 1 saturated carbocycles. The Balaban J connectivity index is 0.000000158. The highest BCUT2D eigenvalue weighted by Crippen LogP contribution is 2.31. The van der Waals surface area contributed by atoms with E-state index in [1.807, 2.05) is 51.1 Å². The molecule has 14 heteroatoms. The summed E-state index contributed by atoms with van der Waals surface area (Å²) in [5, 5.41) is 4.61. The van der Waals surface area contributed by atoms with E-state index in [1.165, 1.54) is 32.1 Å². The van der Waals surface area contributed by atoms with Crippen LogP contribution in [0.4, 0.5) is 4.79 Å². The number of carbonyl (C=O) groups excluding carboxylic acids is 7. The summed E-state index contributed by atoms with van der Waals surface area (Å²) in [6.07, 6.45) is 14.4. The van der Waals surface area contributed by atoms with E-state index in [-0.39, 0.29) is 54.4 Å². The van der Waals surface area contributed by atoms with Crippen molar-refractivity contribution in [3.63, 3.8) is 0 Å². The van der Waals surface area contributed by atoms with Crippen molar-refractivity contribution in [3.8, 4) is 24.2 Å². The molecular weight excluding hydrogens is 830 g/mol. The van der Waals surface area contributed by atoms with E-state index in [9.17, 15) is 33.6 Å². The van der Waals surface area contributed by atoms with E-state index in [0.717, 1.165) is 34.0 Å². The fourth-order valence-electron chi connectivity index (χ4n) is 8.18. The molecule has 6 aliphatic rings. The van der Waals surface area contributed by atoms with Gasteiger partial charge in [0.05, 0.1) is 0 Å². The Bertz CT molecular complexity index is 2150. The molecule has 7 amide bonds. The van der Waals surface area contributed by atoms with Gasteiger partial charge in [-0.15, -0.1) is 12.3 Å². The summed E-state index contributed by atoms with van der Waals surface area (Å²) in [6.45, 7) is 7.87. The molecule has 0 aromatic heterocycles. The van der Waals surface area contributed by atoms with Crippen molar-refractivity contribution in [2.24, 2.45) is 11.8 Å². The smallest absolute Gasteiger partial charge is 0.410 e. The lowest BCUT2D eigenvalue weighted by atomic mass is 9.89. The first-order valence-corrected chi connectivity index (χ1v) is 21.6. The molecule has 8 rings (SSSR count). The maximum Gasteiger partial charge on any atom is 0.410 e. The van der Waals surface area contributed by atoms with E-state index < -0.39 is 17.7 Å². The zero-order chi connectivity index (χ0) is 43.1. The molecule has 5 heterocycles. The highest BCUT2D eigenvalue weighted by atomic mass is 79.9. The lowest BCUT2D eigenvalue weighted by Crippen LogP contribution is -2.52. The number of benzene rings is 2. The molecule has 0 bridgehead atoms. The molecule has 4 fully saturated rings. The van der Waals surface area contributed by atoms with E-state index in [2.05, 4.69) is 44.3 Å². The summed E-state index contributed by atoms with van der Waals surface area (Å²) in [6, 6.07) is 10.0. The number of rotatable bonds is 2. The van der Waals surface area contributed by atoms with Crippen molar-refractivity contribution in [1.29, 1.82) is 0 Å². The second-order valence-electron chi connectivity index (χ2n) is 17.0. The van der Waals surface area contributed by atoms with Gasteiger partial charge in [-0.05, 0) is 107 Å². The summed E-state index contributed by atoms with van der Waals surface area (Å²) in [4.78, 5) is 87.8. The van der Waals surface area contributed by atoms with Crippen LogP contribution in [0.3, 0.4) is 0 Å². The molecule has 2 aromatic carbocycles. The Labute approximate surface area is 359 Å². The SMILES string of the molecule is C#CC1CCN(C(=O)OC(C)(C)C)CC1.O=C1CCC(N2Cc3cc(Br)ccc3C2=O)C(=O)N1.O=C1CCC(N2Cc3cc(C#CC4CCCCC4)ccc3C2=O)C(=O)N1. The topological polar surface area (TPSA) is 162 Å². The number of terminal acetylenes is 1. The fourth-order valence-corrected chi connectivity index (χ4v) is 8.59. The second kappa shape index (κ2) is 19.3. The molecule has 2 atom stereocenters. The molecule has 2 aromatic rings. The average molecular weight is 883 g/mol. The number of nitrogens with zero attached hydrogens (tertiary/aromatic N) is 3. The van der Waals surface area contributed by atoms with Gasteiger partial charge in [-0.1, -0.05) is 47.0 Å². The standard InChI is InChI=1S/C21H22N2O3.C13H11BrN2O3.C12H19NO2/c24-19-11-10-18(20(25)22-19)23-13-16-12-15(8-9-17(16)21(23)26)7-6-14-4-2-1-3-5-14;14-8-1-2-9-7(5-8)6-16(13(9)19)10-3-4-11(17)15-12(10)18;1-5-10-6-8-13(9-7-10)11(14)15-12(2,3)4/h8-9,12,14,18H,1-5,10-11,13H2,(H,22,24,25);1-2,5,10H,3-4,6H2,(H,15,17,18);1,10H,6-9H2,2-4H3. The number of hydrogen-bond acceptors (Lipinski definition) is 8. The third kappa shape index (κ3) is 11.0. The number of amides is 7. The molecule has 0 radical (unpaired) electrons. The van der Waals surface area contributed by atoms with Crippen LogP contribution < -0.4 is 10.6 Å². The lowest BCUT2D eigenvalue weighted by molar-refractivity contribution is -0.138. The predicted octanol–water partition coefficient (Wildman–Crippen LogP) is 5.86. The minimum atomic E-state index is -0.565. The monoisotopic (exact) mass is 881 g/mol. The van der Waals surface area contributed by atoms with Gasteiger partial charge >= 0.3 is 6.09 Å². The van der Waals surface area contributed by atoms with Crippen LogP contribution in [0.1, 0.15) is 129 Å². The Morgan fingerprint density at radius 3 is 1.78 bits per heavy atom. The molecule has 13 nitrogen and oxygen atoms in total. The number of hydrogen-bond donors (Lipinski definition) is 2. The van der Waals surface area contributed by atoms with Crippen LogP contribution in [0, 0.1) is 36.0 Å². The van der Waals surface area contributed by atoms with Gasteiger partial charge in [0.15, 0.2) is 0 Å². The maximum atomic E-state index is 12.7. The van der Waals surface area contributed by atoms with E-state index >= 15 is 0 Å². The fraction of sp³-hybridized carbons (Fsp3) is 0.500. The van der Waals surface area contributed by atoms with Gasteiger partial charge in [0.25, 0.3) is 11.8 Å². The third-order valence-electron chi connectivity index (χ3n) is 11.4. The summed E-state index contributed by atoms with van der Waals surface area (Å²) < 4.78 is 6.19. The van der Waals surface area contributed by atoms with Crippen LogP contribution in [0.5, 0.6) is 0 Å². The molecule has 2 unspecified atom stereocenters. The Morgan fingerprint density at radius 2 is 1.27 bits per heavy atom. The molecule has 0 spiro atoms. The van der Waals surface area contributed by atoms with Gasteiger partial charge in [-0.25, -0.2) is 4.79 Å². The molecule has 5 aliphatic heterocycles. The van der Waals surface area contributed by atoms with Gasteiger partial charge in [-0.2, -0.15) is 0 Å². The molecule has 3 saturated heterocycles. The maximum absolute atomic E-state index is 12.7. The largest absolute Gasteiger partial charge is 0.444 e. The van der Waals surface area contributed by atoms with Crippen LogP contribution in [-0.4, -0.2) is 87.0 Å². The van der Waals surface area contributed by atoms with Crippen molar-refractivity contribution in [3.05, 3.63) is 68.7 Å². The molecular formula is C46H52BrN5O8. The first-order valence-electron chi connectivity index (χ1n) is 20.8. The van der Waals surface area contributed by atoms with Crippen LogP contribution in [0.2, 0.25) is 0 Å². The van der Waals surface area contributed by atoms with Crippen LogP contribution in [-0.2, 0) is 37.0 Å². The first-order chi connectivity index (χ1) is 28.6. The predicted molar refractivity (Wildman–Crippen MR) is 225 cm³/mol. The number of carbonyl (C=O) groups is 7. The van der Waals surface area contributed by atoms with Crippen molar-refractivity contribution in [2.45, 2.75) is 122 Å². The van der Waals surface area contributed by atoms with Gasteiger partial charge < -0.3 is 19.4 Å². The lowest BCUT2D eigenvalue weighted by Gasteiger charge is -2.31. The highest BCUT2D eigenvalue weighted by molar-refractivity contribution is 9.10. The minimum Gasteiger partial charge on any atom is -0.444 e. The molecule has 2 N–H and O–H groups in total. The minimum absolute atomic E-state index is 0.138. The number of piperidine rings is 3. The normalized spacial score (nSPS) is 21.8. The van der Waals surface area contributed by atoms with Crippen molar-refractivity contribution in [1.82, 2.24) is 25.3 Å². The van der Waals surface area contributed by atoms with E-state index in [1.54, 1.807) is 20.8 Å². The second-order valence-corrected chi connectivity index (χ2v) is 17.9. The van der Waals surface area contributed by atoms with Crippen molar-refractivity contribution >= 4 is 57.5 Å². The molecule has 60 heavy (non-hydrogen) atoms. The van der Waals surface area contributed by atoms with Crippen molar-refractivity contribution in [2.75, 3.05) is 13.1 Å². The van der Waals surface area contributed by atoms with Crippen LogP contribution >= 0.6 is 15.9 Å². The number of imide groups is 2. The third-order valence-corrected chi connectivity index (χ3v) is 11.9.